The molecule has 0 spiro atoms. The summed E-state index contributed by atoms with van der Waals surface area (Å²) in [6.07, 6.45) is 0. The molecule has 0 saturated carbocycles. The van der Waals surface area contributed by atoms with Gasteiger partial charge in [-0.15, -0.1) is 0 Å². The molecule has 3 aromatic carbocycles. The van der Waals surface area contributed by atoms with Gasteiger partial charge in [0.1, 0.15) is 18.1 Å². The Hall–Kier alpha value is -3.38. The normalized spacial score (nSPS) is 10.3. The fourth-order valence-electron chi connectivity index (χ4n) is 2.68. The molecule has 29 heavy (non-hydrogen) atoms. The topological polar surface area (TPSA) is 77.0 Å². The van der Waals surface area contributed by atoms with E-state index in [1.807, 2.05) is 30.3 Å². The Morgan fingerprint density at radius 1 is 0.966 bits per heavy atom. The molecular weight excluding hydrogens is 394 g/mol. The van der Waals surface area contributed by atoms with E-state index < -0.39 is 5.91 Å². The van der Waals surface area contributed by atoms with Crippen LogP contribution < -0.4 is 19.5 Å². The lowest BCUT2D eigenvalue weighted by Gasteiger charge is -2.13. The van der Waals surface area contributed by atoms with E-state index in [2.05, 4.69) is 5.32 Å². The zero-order chi connectivity index (χ0) is 20.8. The largest absolute Gasteiger partial charge is 0.507 e. The number of methoxy groups -OCH3 is 2. The van der Waals surface area contributed by atoms with E-state index in [-0.39, 0.29) is 11.3 Å². The number of carbonyl (C=O) groups is 1. The van der Waals surface area contributed by atoms with Crippen molar-refractivity contribution in [3.8, 4) is 23.0 Å². The highest BCUT2D eigenvalue weighted by Crippen LogP contribution is 2.35. The van der Waals surface area contributed by atoms with Crippen LogP contribution in [0.4, 0.5) is 5.69 Å². The van der Waals surface area contributed by atoms with E-state index in [1.165, 1.54) is 26.4 Å². The van der Waals surface area contributed by atoms with Crippen LogP contribution in [0.25, 0.3) is 0 Å². The zero-order valence-electron chi connectivity index (χ0n) is 15.9. The number of ether oxygens (including phenoxy) is 3. The van der Waals surface area contributed by atoms with Crippen LogP contribution in [0.2, 0.25) is 5.02 Å². The molecular formula is C22H20ClNO5. The van der Waals surface area contributed by atoms with Gasteiger partial charge in [0, 0.05) is 17.8 Å². The van der Waals surface area contributed by atoms with E-state index in [0.29, 0.717) is 34.6 Å². The number of hydrogen-bond acceptors (Lipinski definition) is 5. The van der Waals surface area contributed by atoms with Gasteiger partial charge in [-0.25, -0.2) is 0 Å². The minimum Gasteiger partial charge on any atom is -0.507 e. The Labute approximate surface area is 173 Å². The molecule has 7 heteroatoms. The van der Waals surface area contributed by atoms with Gasteiger partial charge in [0.15, 0.2) is 11.5 Å². The number of phenols is 1. The molecule has 0 unspecified atom stereocenters. The predicted octanol–water partition coefficient (Wildman–Crippen LogP) is 4.89. The Kier molecular flexibility index (Phi) is 6.46. The summed E-state index contributed by atoms with van der Waals surface area (Å²) in [5, 5.41) is 13.2. The monoisotopic (exact) mass is 413 g/mol. The highest BCUT2D eigenvalue weighted by Gasteiger charge is 2.17. The molecule has 0 saturated heterocycles. The molecule has 0 aliphatic carbocycles. The van der Waals surface area contributed by atoms with E-state index in [9.17, 15) is 9.90 Å². The lowest BCUT2D eigenvalue weighted by molar-refractivity contribution is 0.102. The molecule has 0 heterocycles. The molecule has 0 aromatic heterocycles. The second kappa shape index (κ2) is 9.21. The first-order valence-corrected chi connectivity index (χ1v) is 9.12. The molecule has 0 fully saturated rings. The Morgan fingerprint density at radius 2 is 1.66 bits per heavy atom. The van der Waals surface area contributed by atoms with Crippen molar-refractivity contribution in [2.45, 2.75) is 6.61 Å². The van der Waals surface area contributed by atoms with Gasteiger partial charge in [-0.1, -0.05) is 41.9 Å². The van der Waals surface area contributed by atoms with Gasteiger partial charge in [-0.05, 0) is 23.8 Å². The van der Waals surface area contributed by atoms with E-state index >= 15 is 0 Å². The quantitative estimate of drug-likeness (QED) is 0.576. The lowest BCUT2D eigenvalue weighted by atomic mass is 10.1. The van der Waals surface area contributed by atoms with Crippen molar-refractivity contribution in [1.82, 2.24) is 0 Å². The van der Waals surface area contributed by atoms with Gasteiger partial charge in [-0.3, -0.25) is 4.79 Å². The van der Waals surface area contributed by atoms with Crippen molar-refractivity contribution in [1.29, 1.82) is 0 Å². The van der Waals surface area contributed by atoms with Crippen LogP contribution in [0.3, 0.4) is 0 Å². The van der Waals surface area contributed by atoms with Crippen LogP contribution >= 0.6 is 11.6 Å². The van der Waals surface area contributed by atoms with Gasteiger partial charge in [0.2, 0.25) is 0 Å². The standard InChI is InChI=1S/C22H20ClNO5/c1-27-20-11-16(18(25)12-21(20)28-2)22(26)24-15-8-9-19(17(23)10-15)29-13-14-6-4-3-5-7-14/h3-12,25H,13H2,1-2H3,(H,24,26). The van der Waals surface area contributed by atoms with Crippen molar-refractivity contribution in [3.63, 3.8) is 0 Å². The number of halogens is 1. The number of anilines is 1. The van der Waals surface area contributed by atoms with Crippen molar-refractivity contribution >= 4 is 23.2 Å². The first-order chi connectivity index (χ1) is 14.0. The van der Waals surface area contributed by atoms with Gasteiger partial charge in [-0.2, -0.15) is 0 Å². The molecule has 1 amide bonds. The molecule has 0 atom stereocenters. The summed E-state index contributed by atoms with van der Waals surface area (Å²) in [5.74, 6) is 0.414. The average molecular weight is 414 g/mol. The average Bonchev–Trinajstić information content (AvgIpc) is 2.73. The summed E-state index contributed by atoms with van der Waals surface area (Å²) >= 11 is 6.28. The number of benzene rings is 3. The van der Waals surface area contributed by atoms with Crippen LogP contribution in [-0.4, -0.2) is 25.2 Å². The molecule has 0 aliphatic rings. The van der Waals surface area contributed by atoms with Gasteiger partial charge in [0.05, 0.1) is 24.8 Å². The molecule has 3 rings (SSSR count). The molecule has 6 nitrogen and oxygen atoms in total. The first kappa shape index (κ1) is 20.4. The smallest absolute Gasteiger partial charge is 0.259 e. The predicted molar refractivity (Wildman–Crippen MR) is 111 cm³/mol. The number of aromatic hydroxyl groups is 1. The Balaban J connectivity index is 1.72. The lowest BCUT2D eigenvalue weighted by Crippen LogP contribution is -2.12. The molecule has 150 valence electrons. The van der Waals surface area contributed by atoms with Crippen LogP contribution in [0.15, 0.2) is 60.7 Å². The van der Waals surface area contributed by atoms with Crippen molar-refractivity contribution in [2.24, 2.45) is 0 Å². The van der Waals surface area contributed by atoms with Crippen molar-refractivity contribution < 1.29 is 24.1 Å². The third-order valence-electron chi connectivity index (χ3n) is 4.17. The Bertz CT molecular complexity index is 1010. The third-order valence-corrected chi connectivity index (χ3v) is 4.47. The minimum atomic E-state index is -0.516. The van der Waals surface area contributed by atoms with Crippen molar-refractivity contribution in [2.75, 3.05) is 19.5 Å². The van der Waals surface area contributed by atoms with Crippen LogP contribution in [-0.2, 0) is 6.61 Å². The molecule has 0 aliphatic heterocycles. The van der Waals surface area contributed by atoms with Crippen LogP contribution in [0, 0.1) is 0 Å². The van der Waals surface area contributed by atoms with E-state index in [1.54, 1.807) is 18.2 Å². The van der Waals surface area contributed by atoms with Gasteiger partial charge in [0.25, 0.3) is 5.91 Å². The van der Waals surface area contributed by atoms with Gasteiger partial charge < -0.3 is 24.6 Å². The number of phenolic OH excluding ortho intramolecular Hbond substituents is 1. The second-order valence-corrected chi connectivity index (χ2v) is 6.51. The number of hydrogen-bond donors (Lipinski definition) is 2. The van der Waals surface area contributed by atoms with E-state index in [4.69, 9.17) is 25.8 Å². The number of nitrogens with one attached hydrogen (secondary N) is 1. The zero-order valence-corrected chi connectivity index (χ0v) is 16.7. The maximum atomic E-state index is 12.6. The molecule has 3 aromatic rings. The van der Waals surface area contributed by atoms with E-state index in [0.717, 1.165) is 5.56 Å². The maximum absolute atomic E-state index is 12.6. The first-order valence-electron chi connectivity index (χ1n) is 8.74. The summed E-state index contributed by atoms with van der Waals surface area (Å²) in [6.45, 7) is 0.381. The van der Waals surface area contributed by atoms with Crippen molar-refractivity contribution in [3.05, 3.63) is 76.8 Å². The molecule has 2 N–H and O–H groups in total. The fraction of sp³-hybridized carbons (Fsp3) is 0.136. The number of carbonyl (C=O) groups excluding carboxylic acids is 1. The Morgan fingerprint density at radius 3 is 2.31 bits per heavy atom. The maximum Gasteiger partial charge on any atom is 0.259 e. The fourth-order valence-corrected chi connectivity index (χ4v) is 2.91. The third kappa shape index (κ3) is 4.92. The number of rotatable bonds is 7. The summed E-state index contributed by atoms with van der Waals surface area (Å²) in [4.78, 5) is 12.6. The summed E-state index contributed by atoms with van der Waals surface area (Å²) in [7, 11) is 2.89. The minimum absolute atomic E-state index is 0.0446. The second-order valence-electron chi connectivity index (χ2n) is 6.10. The number of amides is 1. The summed E-state index contributed by atoms with van der Waals surface area (Å²) < 4.78 is 16.0. The summed E-state index contributed by atoms with van der Waals surface area (Å²) in [5.41, 5.74) is 1.52. The molecule has 0 bridgehead atoms. The highest BCUT2D eigenvalue weighted by atomic mass is 35.5. The van der Waals surface area contributed by atoms with Gasteiger partial charge >= 0.3 is 0 Å². The SMILES string of the molecule is COc1cc(O)c(C(=O)Nc2ccc(OCc3ccccc3)c(Cl)c2)cc1OC. The molecule has 0 radical (unpaired) electrons. The summed E-state index contributed by atoms with van der Waals surface area (Å²) in [6, 6.07) is 17.4. The van der Waals surface area contributed by atoms with Crippen LogP contribution in [0.5, 0.6) is 23.0 Å². The highest BCUT2D eigenvalue weighted by molar-refractivity contribution is 6.32. The van der Waals surface area contributed by atoms with Crippen LogP contribution in [0.1, 0.15) is 15.9 Å².